The summed E-state index contributed by atoms with van der Waals surface area (Å²) in [5.41, 5.74) is 2.33. The Labute approximate surface area is 124 Å². The molecule has 1 heterocycles. The molecule has 0 unspecified atom stereocenters. The highest BCUT2D eigenvalue weighted by Crippen LogP contribution is 2.45. The predicted molar refractivity (Wildman–Crippen MR) is 83.7 cm³/mol. The first kappa shape index (κ1) is 13.9. The van der Waals surface area contributed by atoms with Crippen molar-refractivity contribution in [3.63, 3.8) is 0 Å². The molecule has 4 nitrogen and oxygen atoms in total. The largest absolute Gasteiger partial charge is 0.286 e. The molecule has 0 aromatic heterocycles. The van der Waals surface area contributed by atoms with Crippen LogP contribution < -0.4 is 10.1 Å². The second kappa shape index (κ2) is 5.06. The summed E-state index contributed by atoms with van der Waals surface area (Å²) in [6.07, 6.45) is 1.47. The average molecular weight is 284 g/mol. The van der Waals surface area contributed by atoms with Gasteiger partial charge in [0, 0.05) is 11.1 Å². The minimum Gasteiger partial charge on any atom is -0.286 e. The van der Waals surface area contributed by atoms with Crippen molar-refractivity contribution < 1.29 is 10.4 Å². The summed E-state index contributed by atoms with van der Waals surface area (Å²) in [6, 6.07) is 15.3. The third-order valence-electron chi connectivity index (χ3n) is 4.19. The molecule has 0 spiro atoms. The molecule has 1 aliphatic rings. The molecule has 0 fully saturated rings. The van der Waals surface area contributed by atoms with E-state index in [2.05, 4.69) is 0 Å². The van der Waals surface area contributed by atoms with Gasteiger partial charge in [-0.3, -0.25) is 10.4 Å². The third-order valence-corrected chi connectivity index (χ3v) is 4.19. The number of hydrogen-bond acceptors (Lipinski definition) is 4. The van der Waals surface area contributed by atoms with Gasteiger partial charge < -0.3 is 0 Å². The van der Waals surface area contributed by atoms with Crippen molar-refractivity contribution >= 4 is 11.4 Å². The fourth-order valence-electron chi connectivity index (χ4n) is 3.07. The SMILES string of the molecule is CCCC1(C)N(O)c2ccccc2-c2ccccc2N1O. The second-order valence-corrected chi connectivity index (χ2v) is 5.62. The van der Waals surface area contributed by atoms with Crippen molar-refractivity contribution in [1.29, 1.82) is 0 Å². The minimum absolute atomic E-state index is 0.628. The molecule has 3 rings (SSSR count). The second-order valence-electron chi connectivity index (χ2n) is 5.62. The van der Waals surface area contributed by atoms with Crippen LogP contribution in [0.4, 0.5) is 11.4 Å². The highest BCUT2D eigenvalue weighted by atomic mass is 16.6. The summed E-state index contributed by atoms with van der Waals surface area (Å²) in [5.74, 6) is 0. The van der Waals surface area contributed by atoms with E-state index in [1.54, 1.807) is 0 Å². The molecule has 2 N–H and O–H groups in total. The normalized spacial score (nSPS) is 16.2. The molecule has 110 valence electrons. The zero-order chi connectivity index (χ0) is 15.0. The average Bonchev–Trinajstić information content (AvgIpc) is 2.59. The van der Waals surface area contributed by atoms with Gasteiger partial charge in [0.15, 0.2) is 5.66 Å². The molecule has 0 saturated heterocycles. The maximum absolute atomic E-state index is 10.8. The number of hydroxylamine groups is 2. The van der Waals surface area contributed by atoms with Crippen molar-refractivity contribution in [2.45, 2.75) is 32.4 Å². The van der Waals surface area contributed by atoms with Gasteiger partial charge in [0.1, 0.15) is 0 Å². The Kier molecular flexibility index (Phi) is 3.35. The number of anilines is 2. The van der Waals surface area contributed by atoms with E-state index in [1.807, 2.05) is 62.4 Å². The van der Waals surface area contributed by atoms with Crippen LogP contribution in [0.3, 0.4) is 0 Å². The van der Waals surface area contributed by atoms with Gasteiger partial charge in [-0.25, -0.2) is 10.1 Å². The fraction of sp³-hybridized carbons (Fsp3) is 0.294. The van der Waals surface area contributed by atoms with E-state index < -0.39 is 5.66 Å². The number of rotatable bonds is 2. The van der Waals surface area contributed by atoms with E-state index in [4.69, 9.17) is 0 Å². The number of benzene rings is 2. The van der Waals surface area contributed by atoms with Crippen LogP contribution in [0, 0.1) is 0 Å². The van der Waals surface area contributed by atoms with Gasteiger partial charge >= 0.3 is 0 Å². The summed E-state index contributed by atoms with van der Waals surface area (Å²) in [5, 5.41) is 23.9. The summed E-state index contributed by atoms with van der Waals surface area (Å²) in [6.45, 7) is 3.88. The molecule has 0 saturated carbocycles. The predicted octanol–water partition coefficient (Wildman–Crippen LogP) is 4.27. The molecule has 0 bridgehead atoms. The van der Waals surface area contributed by atoms with Crippen molar-refractivity contribution in [3.05, 3.63) is 48.5 Å². The van der Waals surface area contributed by atoms with Crippen LogP contribution >= 0.6 is 0 Å². The highest BCUT2D eigenvalue weighted by Gasteiger charge is 2.41. The first-order chi connectivity index (χ1) is 10.1. The van der Waals surface area contributed by atoms with Gasteiger partial charge in [-0.1, -0.05) is 49.7 Å². The zero-order valence-electron chi connectivity index (χ0n) is 12.3. The van der Waals surface area contributed by atoms with Gasteiger partial charge in [-0.2, -0.15) is 0 Å². The molecule has 0 amide bonds. The van der Waals surface area contributed by atoms with Crippen molar-refractivity contribution in [1.82, 2.24) is 0 Å². The molecule has 2 aromatic rings. The molecule has 0 aliphatic carbocycles. The summed E-state index contributed by atoms with van der Waals surface area (Å²) >= 11 is 0. The third kappa shape index (κ3) is 1.99. The van der Waals surface area contributed by atoms with E-state index >= 15 is 0 Å². The zero-order valence-corrected chi connectivity index (χ0v) is 12.3. The van der Waals surface area contributed by atoms with Crippen LogP contribution in [0.25, 0.3) is 11.1 Å². The Morgan fingerprint density at radius 1 is 0.857 bits per heavy atom. The fourth-order valence-corrected chi connectivity index (χ4v) is 3.07. The van der Waals surface area contributed by atoms with Gasteiger partial charge in [-0.15, -0.1) is 0 Å². The molecular weight excluding hydrogens is 264 g/mol. The lowest BCUT2D eigenvalue weighted by Gasteiger charge is -2.42. The smallest absolute Gasteiger partial charge is 0.159 e. The summed E-state index contributed by atoms with van der Waals surface area (Å²) < 4.78 is 0. The number of hydrogen-bond donors (Lipinski definition) is 2. The molecule has 4 heteroatoms. The van der Waals surface area contributed by atoms with Crippen LogP contribution in [0.15, 0.2) is 48.5 Å². The number of fused-ring (bicyclic) bond motifs is 3. The van der Waals surface area contributed by atoms with Crippen molar-refractivity contribution in [2.75, 3.05) is 10.1 Å². The Balaban J connectivity index is 2.31. The number of nitrogens with zero attached hydrogens (tertiary/aromatic N) is 2. The maximum atomic E-state index is 10.8. The van der Waals surface area contributed by atoms with E-state index in [1.165, 1.54) is 10.1 Å². The first-order valence-corrected chi connectivity index (χ1v) is 7.26. The summed E-state index contributed by atoms with van der Waals surface area (Å²) in [4.78, 5) is 0. The minimum atomic E-state index is -0.905. The Morgan fingerprint density at radius 2 is 1.29 bits per heavy atom. The molecule has 1 aliphatic heterocycles. The van der Waals surface area contributed by atoms with Crippen LogP contribution in [0.5, 0.6) is 0 Å². The molecular formula is C17H20N2O2. The Bertz CT molecular complexity index is 605. The quantitative estimate of drug-likeness (QED) is 0.864. The number of para-hydroxylation sites is 2. The standard InChI is InChI=1S/C17H20N2O2/c1-3-12-17(2)18(20)15-10-6-4-8-13(15)14-9-5-7-11-16(14)19(17)21/h4-11,20-21H,3,12H2,1-2H3. The lowest BCUT2D eigenvalue weighted by Crippen LogP contribution is -2.56. The van der Waals surface area contributed by atoms with Gasteiger partial charge in [0.2, 0.25) is 0 Å². The van der Waals surface area contributed by atoms with Crippen LogP contribution in [-0.4, -0.2) is 16.1 Å². The van der Waals surface area contributed by atoms with E-state index in [0.717, 1.165) is 17.5 Å². The first-order valence-electron chi connectivity index (χ1n) is 7.26. The molecule has 0 atom stereocenters. The van der Waals surface area contributed by atoms with Crippen LogP contribution in [-0.2, 0) is 0 Å². The van der Waals surface area contributed by atoms with Gasteiger partial charge in [0.25, 0.3) is 0 Å². The molecule has 0 radical (unpaired) electrons. The lowest BCUT2D eigenvalue weighted by atomic mass is 10.0. The molecule has 2 aromatic carbocycles. The Hall–Kier alpha value is -2.04. The van der Waals surface area contributed by atoms with Gasteiger partial charge in [-0.05, 0) is 25.5 Å². The summed E-state index contributed by atoms with van der Waals surface area (Å²) in [7, 11) is 0. The maximum Gasteiger partial charge on any atom is 0.159 e. The topological polar surface area (TPSA) is 46.9 Å². The molecule has 21 heavy (non-hydrogen) atoms. The van der Waals surface area contributed by atoms with Crippen LogP contribution in [0.2, 0.25) is 0 Å². The van der Waals surface area contributed by atoms with Crippen molar-refractivity contribution in [2.24, 2.45) is 0 Å². The van der Waals surface area contributed by atoms with E-state index in [-0.39, 0.29) is 0 Å². The lowest BCUT2D eigenvalue weighted by molar-refractivity contribution is 0.0694. The van der Waals surface area contributed by atoms with Crippen LogP contribution in [0.1, 0.15) is 26.7 Å². The Morgan fingerprint density at radius 3 is 1.71 bits per heavy atom. The monoisotopic (exact) mass is 284 g/mol. The highest BCUT2D eigenvalue weighted by molar-refractivity contribution is 5.88. The van der Waals surface area contributed by atoms with E-state index in [9.17, 15) is 10.4 Å². The van der Waals surface area contributed by atoms with Gasteiger partial charge in [0.05, 0.1) is 11.4 Å². The van der Waals surface area contributed by atoms with Crippen molar-refractivity contribution in [3.8, 4) is 11.1 Å². The van der Waals surface area contributed by atoms with E-state index in [0.29, 0.717) is 17.8 Å².